The Bertz CT molecular complexity index is 2000. The molecule has 0 saturated carbocycles. The molecule has 3 aromatic heterocycles. The van der Waals surface area contributed by atoms with Gasteiger partial charge in [-0.3, -0.25) is 19.4 Å². The van der Waals surface area contributed by atoms with Crippen LogP contribution in [0.15, 0.2) is 49.1 Å². The minimum absolute atomic E-state index is 0.219. The van der Waals surface area contributed by atoms with Crippen LogP contribution in [0.5, 0.6) is 5.75 Å². The summed E-state index contributed by atoms with van der Waals surface area (Å²) in [6, 6.07) is 7.72. The van der Waals surface area contributed by atoms with Gasteiger partial charge in [-0.05, 0) is 32.0 Å². The van der Waals surface area contributed by atoms with Crippen LogP contribution in [0.2, 0.25) is 5.02 Å². The molecule has 13 nitrogen and oxygen atoms in total. The van der Waals surface area contributed by atoms with Gasteiger partial charge in [0.25, 0.3) is 0 Å². The molecule has 5 aromatic rings. The van der Waals surface area contributed by atoms with Crippen molar-refractivity contribution in [2.24, 2.45) is 7.05 Å². The lowest BCUT2D eigenvalue weighted by Gasteiger charge is -2.30. The van der Waals surface area contributed by atoms with E-state index < -0.39 is 10.0 Å². The number of aromatic nitrogens is 6. The van der Waals surface area contributed by atoms with Crippen molar-refractivity contribution in [3.05, 3.63) is 59.8 Å². The Morgan fingerprint density at radius 1 is 1.02 bits per heavy atom. The van der Waals surface area contributed by atoms with Gasteiger partial charge in [0, 0.05) is 67.0 Å². The van der Waals surface area contributed by atoms with Crippen LogP contribution >= 0.6 is 11.6 Å². The summed E-state index contributed by atoms with van der Waals surface area (Å²) < 4.78 is 34.7. The zero-order chi connectivity index (χ0) is 31.2. The van der Waals surface area contributed by atoms with Crippen LogP contribution in [0.4, 0.5) is 34.5 Å². The van der Waals surface area contributed by atoms with Gasteiger partial charge in [0.15, 0.2) is 5.82 Å². The van der Waals surface area contributed by atoms with Gasteiger partial charge in [0.2, 0.25) is 16.0 Å². The van der Waals surface area contributed by atoms with E-state index in [1.165, 1.54) is 18.6 Å². The summed E-state index contributed by atoms with van der Waals surface area (Å²) in [5, 5.41) is 11.2. The molecule has 6 rings (SSSR count). The number of aryl methyl sites for hydroxylation is 1. The van der Waals surface area contributed by atoms with Crippen LogP contribution < -0.4 is 25.0 Å². The Morgan fingerprint density at radius 3 is 2.57 bits per heavy atom. The number of hydrogen-bond acceptors (Lipinski definition) is 11. The van der Waals surface area contributed by atoms with Crippen molar-refractivity contribution >= 4 is 67.2 Å². The van der Waals surface area contributed by atoms with E-state index in [1.54, 1.807) is 19.2 Å². The molecular formula is C29H31ClN10O3S. The minimum Gasteiger partial charge on any atom is -0.494 e. The number of fused-ring (bicyclic) bond motifs is 4. The number of anilines is 6. The fraction of sp³-hybridized carbons (Fsp3) is 0.276. The van der Waals surface area contributed by atoms with E-state index in [4.69, 9.17) is 16.3 Å². The molecule has 4 heterocycles. The number of methoxy groups -OCH3 is 1. The van der Waals surface area contributed by atoms with Gasteiger partial charge in [-0.2, -0.15) is 10.1 Å². The molecule has 0 radical (unpaired) electrons. The summed E-state index contributed by atoms with van der Waals surface area (Å²) in [5.41, 5.74) is 6.42. The second-order valence-electron chi connectivity index (χ2n) is 10.7. The number of nitrogens with zero attached hydrogens (tertiary/aromatic N) is 7. The monoisotopic (exact) mass is 634 g/mol. The lowest BCUT2D eigenvalue weighted by Crippen LogP contribution is -2.32. The van der Waals surface area contributed by atoms with Crippen LogP contribution in [-0.4, -0.2) is 64.1 Å². The van der Waals surface area contributed by atoms with Crippen molar-refractivity contribution in [3.63, 3.8) is 0 Å². The molecular weight excluding hydrogens is 604 g/mol. The Kier molecular flexibility index (Phi) is 7.63. The third-order valence-electron chi connectivity index (χ3n) is 7.36. The second kappa shape index (κ2) is 11.4. The van der Waals surface area contributed by atoms with Gasteiger partial charge >= 0.3 is 0 Å². The number of hydrogen-bond donors (Lipinski definition) is 3. The number of halogens is 1. The van der Waals surface area contributed by atoms with Crippen LogP contribution in [0, 0.1) is 0 Å². The van der Waals surface area contributed by atoms with Crippen molar-refractivity contribution in [1.29, 1.82) is 0 Å². The molecule has 0 bridgehead atoms. The Labute approximate surface area is 259 Å². The van der Waals surface area contributed by atoms with E-state index in [-0.39, 0.29) is 28.5 Å². The summed E-state index contributed by atoms with van der Waals surface area (Å²) in [4.78, 5) is 20.0. The van der Waals surface area contributed by atoms with E-state index in [1.807, 2.05) is 30.1 Å². The summed E-state index contributed by atoms with van der Waals surface area (Å²) in [7, 11) is -0.0706. The van der Waals surface area contributed by atoms with E-state index in [2.05, 4.69) is 59.1 Å². The van der Waals surface area contributed by atoms with Crippen LogP contribution in [0.25, 0.3) is 22.2 Å². The molecule has 0 unspecified atom stereocenters. The fourth-order valence-corrected chi connectivity index (χ4v) is 6.06. The Morgan fingerprint density at radius 2 is 1.82 bits per heavy atom. The molecule has 1 aliphatic rings. The molecule has 0 spiro atoms. The smallest absolute Gasteiger partial charge is 0.229 e. The maximum absolute atomic E-state index is 12.2. The lowest BCUT2D eigenvalue weighted by atomic mass is 10.0. The highest BCUT2D eigenvalue weighted by Gasteiger charge is 2.26. The van der Waals surface area contributed by atoms with Crippen molar-refractivity contribution in [2.75, 3.05) is 40.2 Å². The first-order valence-corrected chi connectivity index (χ1v) is 16.1. The summed E-state index contributed by atoms with van der Waals surface area (Å²) >= 11 is 6.51. The third-order valence-corrected chi connectivity index (χ3v) is 8.22. The molecule has 0 fully saturated rings. The molecule has 44 heavy (non-hydrogen) atoms. The van der Waals surface area contributed by atoms with E-state index in [9.17, 15) is 8.42 Å². The highest BCUT2D eigenvalue weighted by atomic mass is 35.5. The Hall–Kier alpha value is -4.69. The maximum atomic E-state index is 12.2. The molecule has 228 valence electrons. The molecule has 0 atom stereocenters. The molecule has 1 aliphatic heterocycles. The number of rotatable bonds is 8. The van der Waals surface area contributed by atoms with Gasteiger partial charge in [-0.1, -0.05) is 11.6 Å². The zero-order valence-corrected chi connectivity index (χ0v) is 26.3. The average molecular weight is 635 g/mol. The molecule has 15 heteroatoms. The molecule has 0 saturated heterocycles. The number of benzene rings is 2. The van der Waals surface area contributed by atoms with Crippen LogP contribution in [0.1, 0.15) is 19.5 Å². The number of nitrogens with one attached hydrogen (secondary N) is 3. The van der Waals surface area contributed by atoms with Gasteiger partial charge < -0.3 is 20.3 Å². The molecule has 3 N–H and O–H groups in total. The van der Waals surface area contributed by atoms with Gasteiger partial charge in [0.05, 0.1) is 48.3 Å². The molecule has 2 aromatic carbocycles. The summed E-state index contributed by atoms with van der Waals surface area (Å²) in [6.07, 6.45) is 8.29. The first kappa shape index (κ1) is 29.4. The number of sulfonamides is 1. The predicted molar refractivity (Wildman–Crippen MR) is 173 cm³/mol. The van der Waals surface area contributed by atoms with E-state index in [0.29, 0.717) is 28.2 Å². The van der Waals surface area contributed by atoms with Gasteiger partial charge in [-0.25, -0.2) is 13.4 Å². The van der Waals surface area contributed by atoms with Crippen LogP contribution in [-0.2, 0) is 23.5 Å². The maximum Gasteiger partial charge on any atom is 0.229 e. The molecule has 0 aliphatic carbocycles. The number of ether oxygens (including phenoxy) is 1. The average Bonchev–Trinajstić information content (AvgIpc) is 3.26. The van der Waals surface area contributed by atoms with Gasteiger partial charge in [-0.15, -0.1) is 0 Å². The SMILES string of the molecule is COc1cc2c(cc1Nc1ncc(Cl)c(Nc3ccc4nccnc4c3NS(C)(=O)=O)n1)-c1cnn(C)c1CCN2C(C)C. The van der Waals surface area contributed by atoms with Crippen molar-refractivity contribution in [1.82, 2.24) is 29.7 Å². The van der Waals surface area contributed by atoms with Crippen molar-refractivity contribution in [3.8, 4) is 16.9 Å². The quantitative estimate of drug-likeness (QED) is 0.209. The molecule has 0 amide bonds. The van der Waals surface area contributed by atoms with Crippen molar-refractivity contribution < 1.29 is 13.2 Å². The third kappa shape index (κ3) is 5.65. The second-order valence-corrected chi connectivity index (χ2v) is 12.8. The topological polar surface area (TPSA) is 152 Å². The van der Waals surface area contributed by atoms with E-state index in [0.717, 1.165) is 41.7 Å². The van der Waals surface area contributed by atoms with Crippen LogP contribution in [0.3, 0.4) is 0 Å². The van der Waals surface area contributed by atoms with E-state index >= 15 is 0 Å². The first-order chi connectivity index (χ1) is 21.0. The largest absolute Gasteiger partial charge is 0.494 e. The zero-order valence-electron chi connectivity index (χ0n) is 24.8. The highest BCUT2D eigenvalue weighted by molar-refractivity contribution is 7.92. The Balaban J connectivity index is 1.40. The van der Waals surface area contributed by atoms with Gasteiger partial charge in [0.1, 0.15) is 16.3 Å². The van der Waals surface area contributed by atoms with Crippen molar-refractivity contribution in [2.45, 2.75) is 26.3 Å². The predicted octanol–water partition coefficient (Wildman–Crippen LogP) is 5.11. The lowest BCUT2D eigenvalue weighted by molar-refractivity contribution is 0.416. The fourth-order valence-electron chi connectivity index (χ4n) is 5.35. The normalized spacial score (nSPS) is 12.9. The minimum atomic E-state index is -3.65. The first-order valence-electron chi connectivity index (χ1n) is 13.8. The highest BCUT2D eigenvalue weighted by Crippen LogP contribution is 2.44. The standard InChI is InChI=1S/C29H31ClN10O3S/c1-16(2)40-11-8-23-18(14-34-39(23)3)17-12-22(25(43-4)13-24(17)40)36-29-33-15-19(30)28(37-29)35-21-7-6-20-26(32-10-9-31-20)27(21)38-44(5,41)42/h6-7,9-10,12-16,38H,8,11H2,1-5H3,(H2,33,35,36,37). The summed E-state index contributed by atoms with van der Waals surface area (Å²) in [6.45, 7) is 5.19. The summed E-state index contributed by atoms with van der Waals surface area (Å²) in [5.74, 6) is 1.11.